The number of hydrogen-bond acceptors (Lipinski definition) is 2. The summed E-state index contributed by atoms with van der Waals surface area (Å²) in [6.45, 7) is 14.3. The predicted molar refractivity (Wildman–Crippen MR) is 125 cm³/mol. The zero-order chi connectivity index (χ0) is 21.9. The molecule has 0 aliphatic heterocycles. The van der Waals surface area contributed by atoms with Crippen molar-refractivity contribution in [3.8, 4) is 0 Å². The molecule has 4 aliphatic rings. The molecule has 3 saturated carbocycles. The van der Waals surface area contributed by atoms with E-state index in [0.717, 1.165) is 25.2 Å². The second-order valence-electron chi connectivity index (χ2n) is 12.4. The molecular formula is C28H46O2. The second-order valence-corrected chi connectivity index (χ2v) is 12.4. The highest BCUT2D eigenvalue weighted by Gasteiger charge is 2.62. The van der Waals surface area contributed by atoms with E-state index in [-0.39, 0.29) is 11.5 Å². The molecular weight excluding hydrogens is 368 g/mol. The van der Waals surface area contributed by atoms with Crippen molar-refractivity contribution in [2.45, 2.75) is 105 Å². The van der Waals surface area contributed by atoms with E-state index in [1.54, 1.807) is 5.57 Å². The summed E-state index contributed by atoms with van der Waals surface area (Å²) >= 11 is 0. The molecule has 30 heavy (non-hydrogen) atoms. The molecule has 0 aromatic heterocycles. The van der Waals surface area contributed by atoms with Crippen LogP contribution in [0.15, 0.2) is 23.8 Å². The summed E-state index contributed by atoms with van der Waals surface area (Å²) in [5, 5.41) is 21.8. The van der Waals surface area contributed by atoms with Gasteiger partial charge < -0.3 is 10.2 Å². The third-order valence-electron chi connectivity index (χ3n) is 10.7. The van der Waals surface area contributed by atoms with Crippen LogP contribution < -0.4 is 0 Å². The van der Waals surface area contributed by atoms with Gasteiger partial charge >= 0.3 is 0 Å². The van der Waals surface area contributed by atoms with Gasteiger partial charge in [-0.15, -0.1) is 0 Å². The highest BCUT2D eigenvalue weighted by molar-refractivity contribution is 5.30. The molecule has 0 aromatic carbocycles. The smallest absolute Gasteiger partial charge is 0.0765 e. The first-order valence-corrected chi connectivity index (χ1v) is 12.8. The normalized spacial score (nSPS) is 48.1. The van der Waals surface area contributed by atoms with Gasteiger partial charge in [-0.1, -0.05) is 65.3 Å². The summed E-state index contributed by atoms with van der Waals surface area (Å²) in [6, 6.07) is 0. The van der Waals surface area contributed by atoms with Crippen molar-refractivity contribution in [2.75, 3.05) is 0 Å². The van der Waals surface area contributed by atoms with Gasteiger partial charge in [-0.25, -0.2) is 0 Å². The van der Waals surface area contributed by atoms with Crippen molar-refractivity contribution < 1.29 is 10.2 Å². The first-order chi connectivity index (χ1) is 14.0. The number of aliphatic hydroxyl groups excluding tert-OH is 1. The highest BCUT2D eigenvalue weighted by Crippen LogP contribution is 2.67. The summed E-state index contributed by atoms with van der Waals surface area (Å²) in [5.41, 5.74) is 1.30. The maximum Gasteiger partial charge on any atom is 0.0765 e. The minimum Gasteiger partial charge on any atom is -0.393 e. The number of hydrogen-bond donors (Lipinski definition) is 2. The minimum absolute atomic E-state index is 0.0616. The summed E-state index contributed by atoms with van der Waals surface area (Å²) in [5.74, 6) is 3.95. The van der Waals surface area contributed by atoms with Gasteiger partial charge in [-0.2, -0.15) is 0 Å². The molecule has 2 nitrogen and oxygen atoms in total. The lowest BCUT2D eigenvalue weighted by Gasteiger charge is -2.61. The van der Waals surface area contributed by atoms with Crippen LogP contribution in [0.5, 0.6) is 0 Å². The van der Waals surface area contributed by atoms with Crippen LogP contribution in [0.2, 0.25) is 0 Å². The standard InChI is InChI=1S/C28H46O2/c1-18(2)19(3)7-8-20(4)23-9-10-24-22-12-16-28(30)17-21(29)11-15-27(28,6)25(22)13-14-26(23,24)5/h7-8,12,18-21,23-25,29-30H,9-11,13-17H2,1-6H3. The maximum atomic E-state index is 11.6. The molecule has 0 bridgehead atoms. The van der Waals surface area contributed by atoms with E-state index in [9.17, 15) is 10.2 Å². The molecule has 2 heteroatoms. The van der Waals surface area contributed by atoms with Crippen molar-refractivity contribution in [3.05, 3.63) is 23.8 Å². The topological polar surface area (TPSA) is 40.5 Å². The number of allylic oxidation sites excluding steroid dienone is 3. The highest BCUT2D eigenvalue weighted by atomic mass is 16.3. The molecule has 0 radical (unpaired) electrons. The van der Waals surface area contributed by atoms with E-state index < -0.39 is 5.60 Å². The predicted octanol–water partition coefficient (Wildman–Crippen LogP) is 6.53. The first kappa shape index (κ1) is 22.6. The molecule has 9 atom stereocenters. The summed E-state index contributed by atoms with van der Waals surface area (Å²) in [4.78, 5) is 0. The van der Waals surface area contributed by atoms with E-state index in [1.807, 2.05) is 0 Å². The van der Waals surface area contributed by atoms with E-state index in [1.165, 1.54) is 25.7 Å². The lowest BCUT2D eigenvalue weighted by Crippen LogP contribution is -2.59. The molecule has 0 spiro atoms. The Morgan fingerprint density at radius 1 is 0.967 bits per heavy atom. The SMILES string of the molecule is CC(C)C(C)C=CC(C)C1CCC2C3=CCC4(O)CC(O)CCC4(C)C3CCC21C. The number of fused-ring (bicyclic) bond motifs is 5. The fraction of sp³-hybridized carbons (Fsp3) is 0.857. The zero-order valence-corrected chi connectivity index (χ0v) is 20.3. The molecule has 4 aliphatic carbocycles. The monoisotopic (exact) mass is 414 g/mol. The molecule has 0 saturated heterocycles. The van der Waals surface area contributed by atoms with Crippen LogP contribution in [0.25, 0.3) is 0 Å². The minimum atomic E-state index is -0.715. The van der Waals surface area contributed by atoms with Gasteiger partial charge in [-0.05, 0) is 85.9 Å². The Balaban J connectivity index is 1.57. The summed E-state index contributed by atoms with van der Waals surface area (Å²) in [7, 11) is 0. The Morgan fingerprint density at radius 3 is 2.40 bits per heavy atom. The van der Waals surface area contributed by atoms with Gasteiger partial charge in [0.15, 0.2) is 0 Å². The van der Waals surface area contributed by atoms with Crippen LogP contribution in [0.1, 0.15) is 92.9 Å². The molecule has 170 valence electrons. The van der Waals surface area contributed by atoms with Crippen molar-refractivity contribution in [1.82, 2.24) is 0 Å². The number of rotatable bonds is 4. The fourth-order valence-corrected chi connectivity index (χ4v) is 8.10. The van der Waals surface area contributed by atoms with Crippen LogP contribution in [-0.4, -0.2) is 21.9 Å². The van der Waals surface area contributed by atoms with Gasteiger partial charge in [-0.3, -0.25) is 0 Å². The van der Waals surface area contributed by atoms with E-state index >= 15 is 0 Å². The van der Waals surface area contributed by atoms with Crippen LogP contribution >= 0.6 is 0 Å². The van der Waals surface area contributed by atoms with E-state index in [2.05, 4.69) is 59.8 Å². The van der Waals surface area contributed by atoms with Crippen LogP contribution in [-0.2, 0) is 0 Å². The summed E-state index contributed by atoms with van der Waals surface area (Å²) in [6.07, 6.45) is 15.4. The Hall–Kier alpha value is -0.600. The quantitative estimate of drug-likeness (QED) is 0.514. The molecule has 0 amide bonds. The van der Waals surface area contributed by atoms with Crippen molar-refractivity contribution in [1.29, 1.82) is 0 Å². The van der Waals surface area contributed by atoms with Gasteiger partial charge in [0.05, 0.1) is 11.7 Å². The van der Waals surface area contributed by atoms with Gasteiger partial charge in [0.1, 0.15) is 0 Å². The Kier molecular flexibility index (Phi) is 5.85. The molecule has 0 heterocycles. The molecule has 4 rings (SSSR count). The Morgan fingerprint density at radius 2 is 1.70 bits per heavy atom. The van der Waals surface area contributed by atoms with E-state index in [0.29, 0.717) is 41.4 Å². The van der Waals surface area contributed by atoms with Crippen LogP contribution in [0.4, 0.5) is 0 Å². The van der Waals surface area contributed by atoms with E-state index in [4.69, 9.17) is 0 Å². The average Bonchev–Trinajstić information content (AvgIpc) is 3.04. The third kappa shape index (κ3) is 3.36. The molecule has 3 fully saturated rings. The van der Waals surface area contributed by atoms with Gasteiger partial charge in [0.2, 0.25) is 0 Å². The Labute approximate surface area is 185 Å². The zero-order valence-electron chi connectivity index (χ0n) is 20.3. The molecule has 0 aromatic rings. The van der Waals surface area contributed by atoms with Gasteiger partial charge in [0, 0.05) is 11.8 Å². The maximum absolute atomic E-state index is 11.6. The third-order valence-corrected chi connectivity index (χ3v) is 10.7. The van der Waals surface area contributed by atoms with Gasteiger partial charge in [0.25, 0.3) is 0 Å². The lowest BCUT2D eigenvalue weighted by atomic mass is 9.46. The molecule has 9 unspecified atom stereocenters. The first-order valence-electron chi connectivity index (χ1n) is 12.8. The number of aliphatic hydroxyl groups is 2. The largest absolute Gasteiger partial charge is 0.393 e. The van der Waals surface area contributed by atoms with Crippen molar-refractivity contribution >= 4 is 0 Å². The molecule has 2 N–H and O–H groups in total. The average molecular weight is 415 g/mol. The Bertz CT molecular complexity index is 707. The van der Waals surface area contributed by atoms with Crippen molar-refractivity contribution in [3.63, 3.8) is 0 Å². The second kappa shape index (κ2) is 7.77. The summed E-state index contributed by atoms with van der Waals surface area (Å²) < 4.78 is 0. The van der Waals surface area contributed by atoms with Crippen molar-refractivity contribution in [2.24, 2.45) is 46.3 Å². The van der Waals surface area contributed by atoms with Crippen LogP contribution in [0.3, 0.4) is 0 Å². The lowest BCUT2D eigenvalue weighted by molar-refractivity contribution is -0.168. The fourth-order valence-electron chi connectivity index (χ4n) is 8.10. The van der Waals surface area contributed by atoms with Crippen LogP contribution in [0, 0.1) is 46.3 Å².